The van der Waals surface area contributed by atoms with Crippen molar-refractivity contribution in [2.45, 2.75) is 18.9 Å². The molecule has 6 nitrogen and oxygen atoms in total. The van der Waals surface area contributed by atoms with Crippen LogP contribution in [-0.4, -0.2) is 44.4 Å². The van der Waals surface area contributed by atoms with Crippen LogP contribution in [0.1, 0.15) is 22.5 Å². The van der Waals surface area contributed by atoms with Gasteiger partial charge in [0, 0.05) is 27.6 Å². The Labute approximate surface area is 210 Å². The molecule has 1 saturated heterocycles. The van der Waals surface area contributed by atoms with Gasteiger partial charge < -0.3 is 14.2 Å². The summed E-state index contributed by atoms with van der Waals surface area (Å²) < 4.78 is 17.8. The second-order valence-electron chi connectivity index (χ2n) is 7.87. The fourth-order valence-corrected chi connectivity index (χ4v) is 6.33. The summed E-state index contributed by atoms with van der Waals surface area (Å²) >= 11 is 9.47. The highest BCUT2D eigenvalue weighted by atomic mass is 35.5. The Balaban J connectivity index is 1.54. The fraction of sp³-hybridized carbons (Fsp3) is 0.280. The quantitative estimate of drug-likeness (QED) is 0.281. The van der Waals surface area contributed by atoms with E-state index < -0.39 is 0 Å². The zero-order chi connectivity index (χ0) is 23.7. The van der Waals surface area contributed by atoms with Gasteiger partial charge in [0.15, 0.2) is 5.13 Å². The maximum Gasteiger partial charge on any atom is 0.271 e. The van der Waals surface area contributed by atoms with Crippen LogP contribution in [-0.2, 0) is 4.74 Å². The van der Waals surface area contributed by atoms with Crippen molar-refractivity contribution in [3.05, 3.63) is 57.7 Å². The average molecular weight is 515 g/mol. The lowest BCUT2D eigenvalue weighted by Crippen LogP contribution is -2.37. The molecule has 0 spiro atoms. The zero-order valence-corrected chi connectivity index (χ0v) is 21.1. The normalized spacial score (nSPS) is 15.6. The molecule has 0 N–H and O–H groups in total. The van der Waals surface area contributed by atoms with Crippen molar-refractivity contribution in [1.29, 1.82) is 0 Å². The molecule has 3 heterocycles. The lowest BCUT2D eigenvalue weighted by Gasteiger charge is -2.22. The summed E-state index contributed by atoms with van der Waals surface area (Å²) in [5.74, 6) is 1.22. The van der Waals surface area contributed by atoms with Gasteiger partial charge in [0.25, 0.3) is 5.91 Å². The SMILES string of the molecule is COc1ccc(OC)c(-c2csc(N(CC3CCCO3)C(=O)c3sc4ccccc4c3Cl)n2)c1. The van der Waals surface area contributed by atoms with E-state index in [1.165, 1.54) is 22.7 Å². The number of aromatic nitrogens is 1. The highest BCUT2D eigenvalue weighted by Crippen LogP contribution is 2.39. The molecule has 5 rings (SSSR count). The predicted octanol–water partition coefficient (Wildman–Crippen LogP) is 6.52. The van der Waals surface area contributed by atoms with Crippen LogP contribution in [0, 0.1) is 0 Å². The molecule has 0 saturated carbocycles. The summed E-state index contributed by atoms with van der Waals surface area (Å²) in [5.41, 5.74) is 1.51. The van der Waals surface area contributed by atoms with Gasteiger partial charge in [-0.1, -0.05) is 29.8 Å². The van der Waals surface area contributed by atoms with E-state index in [2.05, 4.69) is 0 Å². The number of halogens is 1. The van der Waals surface area contributed by atoms with Crippen LogP contribution < -0.4 is 14.4 Å². The highest BCUT2D eigenvalue weighted by molar-refractivity contribution is 7.22. The van der Waals surface area contributed by atoms with Crippen molar-refractivity contribution in [2.24, 2.45) is 0 Å². The van der Waals surface area contributed by atoms with Crippen molar-refractivity contribution in [3.63, 3.8) is 0 Å². The van der Waals surface area contributed by atoms with Crippen LogP contribution in [0.2, 0.25) is 5.02 Å². The van der Waals surface area contributed by atoms with Crippen LogP contribution in [0.25, 0.3) is 21.3 Å². The molecular formula is C25H23ClN2O4S2. The molecule has 1 aliphatic rings. The van der Waals surface area contributed by atoms with E-state index in [4.69, 9.17) is 30.8 Å². The molecule has 4 aromatic rings. The fourth-order valence-electron chi connectivity index (χ4n) is 4.04. The summed E-state index contributed by atoms with van der Waals surface area (Å²) in [6.45, 7) is 1.13. The molecule has 2 aromatic carbocycles. The molecule has 1 amide bonds. The third-order valence-corrected chi connectivity index (χ3v) is 8.32. The summed E-state index contributed by atoms with van der Waals surface area (Å²) in [5, 5.41) is 3.88. The highest BCUT2D eigenvalue weighted by Gasteiger charge is 2.30. The largest absolute Gasteiger partial charge is 0.497 e. The number of carbonyl (C=O) groups is 1. The number of nitrogens with zero attached hydrogens (tertiary/aromatic N) is 2. The number of hydrogen-bond acceptors (Lipinski definition) is 7. The first-order valence-electron chi connectivity index (χ1n) is 10.9. The standard InChI is InChI=1S/C25H23ClN2O4S2/c1-30-15-9-10-20(31-2)18(12-15)19-14-33-25(27-19)28(13-16-6-5-11-32-16)24(29)23-22(26)17-7-3-4-8-21(17)34-23/h3-4,7-10,12,14,16H,5-6,11,13H2,1-2H3. The van der Waals surface area contributed by atoms with Gasteiger partial charge in [-0.3, -0.25) is 9.69 Å². The van der Waals surface area contributed by atoms with Crippen LogP contribution >= 0.6 is 34.3 Å². The van der Waals surface area contributed by atoms with E-state index in [1.807, 2.05) is 47.8 Å². The molecule has 176 valence electrons. The van der Waals surface area contributed by atoms with E-state index >= 15 is 0 Å². The number of hydrogen-bond donors (Lipinski definition) is 0. The first-order chi connectivity index (χ1) is 16.6. The van der Waals surface area contributed by atoms with Gasteiger partial charge in [-0.25, -0.2) is 4.98 Å². The van der Waals surface area contributed by atoms with Crippen molar-refractivity contribution in [1.82, 2.24) is 4.98 Å². The van der Waals surface area contributed by atoms with Gasteiger partial charge in [0.05, 0.1) is 37.6 Å². The summed E-state index contributed by atoms with van der Waals surface area (Å²) in [6.07, 6.45) is 1.86. The number of amides is 1. The molecule has 1 aliphatic heterocycles. The van der Waals surface area contributed by atoms with E-state index in [1.54, 1.807) is 19.1 Å². The van der Waals surface area contributed by atoms with Gasteiger partial charge >= 0.3 is 0 Å². The average Bonchev–Trinajstić information content (AvgIpc) is 3.63. The van der Waals surface area contributed by atoms with Crippen LogP contribution in [0.3, 0.4) is 0 Å². The number of methoxy groups -OCH3 is 2. The number of ether oxygens (including phenoxy) is 3. The monoisotopic (exact) mass is 514 g/mol. The topological polar surface area (TPSA) is 60.9 Å². The van der Waals surface area contributed by atoms with E-state index in [-0.39, 0.29) is 12.0 Å². The molecular weight excluding hydrogens is 492 g/mol. The van der Waals surface area contributed by atoms with Gasteiger partial charge in [0.2, 0.25) is 0 Å². The Bertz CT molecular complexity index is 1330. The molecule has 9 heteroatoms. The van der Waals surface area contributed by atoms with Gasteiger partial charge in [-0.15, -0.1) is 22.7 Å². The first kappa shape index (κ1) is 23.1. The second-order valence-corrected chi connectivity index (χ2v) is 10.1. The maximum absolute atomic E-state index is 13.8. The van der Waals surface area contributed by atoms with E-state index in [0.29, 0.717) is 45.4 Å². The Morgan fingerprint density at radius 1 is 1.24 bits per heavy atom. The van der Waals surface area contributed by atoms with Gasteiger partial charge in [-0.2, -0.15) is 0 Å². The number of rotatable bonds is 7. The Hall–Kier alpha value is -2.65. The van der Waals surface area contributed by atoms with Gasteiger partial charge in [-0.05, 0) is 37.1 Å². The number of thiazole rings is 1. The van der Waals surface area contributed by atoms with Crippen molar-refractivity contribution in [2.75, 3.05) is 32.3 Å². The third-order valence-electron chi connectivity index (χ3n) is 5.79. The molecule has 1 atom stereocenters. The Morgan fingerprint density at radius 2 is 2.09 bits per heavy atom. The minimum Gasteiger partial charge on any atom is -0.497 e. The molecule has 0 radical (unpaired) electrons. The Kier molecular flexibility index (Phi) is 6.74. The lowest BCUT2D eigenvalue weighted by molar-refractivity contribution is 0.0921. The van der Waals surface area contributed by atoms with Crippen molar-refractivity contribution in [3.8, 4) is 22.8 Å². The summed E-state index contributed by atoms with van der Waals surface area (Å²) in [4.78, 5) is 20.9. The Morgan fingerprint density at radius 3 is 2.82 bits per heavy atom. The summed E-state index contributed by atoms with van der Waals surface area (Å²) in [6, 6.07) is 13.4. The summed E-state index contributed by atoms with van der Waals surface area (Å²) in [7, 11) is 3.24. The number of fused-ring (bicyclic) bond motifs is 1. The number of thiophene rings is 1. The maximum atomic E-state index is 13.8. The van der Waals surface area contributed by atoms with Crippen molar-refractivity contribution < 1.29 is 19.0 Å². The minimum atomic E-state index is -0.166. The van der Waals surface area contributed by atoms with Gasteiger partial charge in [0.1, 0.15) is 16.4 Å². The van der Waals surface area contributed by atoms with Crippen LogP contribution in [0.5, 0.6) is 11.5 Å². The third kappa shape index (κ3) is 4.38. The molecule has 0 bridgehead atoms. The molecule has 0 aliphatic carbocycles. The van der Waals surface area contributed by atoms with Crippen LogP contribution in [0.15, 0.2) is 47.8 Å². The molecule has 1 unspecified atom stereocenters. The molecule has 34 heavy (non-hydrogen) atoms. The number of carbonyl (C=O) groups excluding carboxylic acids is 1. The van der Waals surface area contributed by atoms with Crippen LogP contribution in [0.4, 0.5) is 5.13 Å². The first-order valence-corrected chi connectivity index (χ1v) is 12.9. The number of benzene rings is 2. The smallest absolute Gasteiger partial charge is 0.271 e. The van der Waals surface area contributed by atoms with E-state index in [0.717, 1.165) is 28.5 Å². The molecule has 2 aromatic heterocycles. The lowest BCUT2D eigenvalue weighted by atomic mass is 10.1. The molecule has 1 fully saturated rings. The second kappa shape index (κ2) is 9.92. The van der Waals surface area contributed by atoms with E-state index in [9.17, 15) is 4.79 Å². The van der Waals surface area contributed by atoms with Crippen molar-refractivity contribution >= 4 is 55.4 Å². The minimum absolute atomic E-state index is 0.0317. The predicted molar refractivity (Wildman–Crippen MR) is 138 cm³/mol. The zero-order valence-electron chi connectivity index (χ0n) is 18.7. The number of anilines is 1.